The minimum absolute atomic E-state index is 0.705. The molecule has 1 saturated carbocycles. The summed E-state index contributed by atoms with van der Waals surface area (Å²) in [5, 5.41) is 3.63. The number of hydrogen-bond acceptors (Lipinski definition) is 1. The highest BCUT2D eigenvalue weighted by atomic mass is 35.5. The van der Waals surface area contributed by atoms with Crippen LogP contribution in [0.4, 0.5) is 0 Å². The molecular weight excluding hydrogens is 182 g/mol. The van der Waals surface area contributed by atoms with Crippen LogP contribution in [0.15, 0.2) is 0 Å². The minimum Gasteiger partial charge on any atom is -0.314 e. The number of halogens is 1. The van der Waals surface area contributed by atoms with Gasteiger partial charge in [-0.3, -0.25) is 0 Å². The quantitative estimate of drug-likeness (QED) is 0.678. The summed E-state index contributed by atoms with van der Waals surface area (Å²) in [6.45, 7) is 5.71. The van der Waals surface area contributed by atoms with E-state index in [1.165, 1.54) is 25.7 Å². The van der Waals surface area contributed by atoms with Gasteiger partial charge in [0.1, 0.15) is 0 Å². The van der Waals surface area contributed by atoms with Crippen molar-refractivity contribution in [2.45, 2.75) is 45.6 Å². The fourth-order valence-corrected chi connectivity index (χ4v) is 2.42. The van der Waals surface area contributed by atoms with Gasteiger partial charge in [-0.15, -0.1) is 11.6 Å². The molecule has 0 saturated heterocycles. The van der Waals surface area contributed by atoms with Gasteiger partial charge >= 0.3 is 0 Å². The molecule has 2 unspecified atom stereocenters. The molecule has 2 heteroatoms. The van der Waals surface area contributed by atoms with E-state index in [-0.39, 0.29) is 0 Å². The lowest BCUT2D eigenvalue weighted by Gasteiger charge is -2.19. The van der Waals surface area contributed by atoms with Crippen LogP contribution in [0.1, 0.15) is 39.5 Å². The predicted octanol–water partition coefficient (Wildman–Crippen LogP) is 3.03. The third kappa shape index (κ3) is 3.86. The molecule has 0 spiro atoms. The molecule has 0 aliphatic heterocycles. The Morgan fingerprint density at radius 2 is 2.15 bits per heavy atom. The third-order valence-corrected chi connectivity index (χ3v) is 3.38. The molecule has 0 radical (unpaired) electrons. The largest absolute Gasteiger partial charge is 0.314 e. The third-order valence-electron chi connectivity index (χ3n) is 2.99. The lowest BCUT2D eigenvalue weighted by molar-refractivity contribution is 0.411. The van der Waals surface area contributed by atoms with E-state index >= 15 is 0 Å². The van der Waals surface area contributed by atoms with Gasteiger partial charge < -0.3 is 5.32 Å². The van der Waals surface area contributed by atoms with E-state index in [0.717, 1.165) is 24.3 Å². The maximum atomic E-state index is 5.90. The van der Waals surface area contributed by atoms with E-state index in [2.05, 4.69) is 19.2 Å². The first-order chi connectivity index (χ1) is 6.24. The molecule has 2 atom stereocenters. The average molecular weight is 204 g/mol. The Bertz CT molecular complexity index is 136. The van der Waals surface area contributed by atoms with E-state index < -0.39 is 0 Å². The second-order valence-corrected chi connectivity index (χ2v) is 4.90. The first kappa shape index (κ1) is 11.3. The molecular formula is C11H22ClN. The molecule has 1 aliphatic rings. The molecule has 1 N–H and O–H groups in total. The van der Waals surface area contributed by atoms with Crippen molar-refractivity contribution in [3.05, 3.63) is 0 Å². The summed E-state index contributed by atoms with van der Waals surface area (Å²) in [6, 6.07) is 0.705. The van der Waals surface area contributed by atoms with Crippen LogP contribution in [0.25, 0.3) is 0 Å². The summed E-state index contributed by atoms with van der Waals surface area (Å²) < 4.78 is 0. The van der Waals surface area contributed by atoms with Crippen molar-refractivity contribution in [1.82, 2.24) is 5.32 Å². The molecule has 0 aromatic heterocycles. The fourth-order valence-electron chi connectivity index (χ4n) is 2.05. The highest BCUT2D eigenvalue weighted by molar-refractivity contribution is 6.18. The molecule has 0 aromatic rings. The molecule has 1 fully saturated rings. The van der Waals surface area contributed by atoms with E-state index in [9.17, 15) is 0 Å². The lowest BCUT2D eigenvalue weighted by atomic mass is 10.1. The van der Waals surface area contributed by atoms with Gasteiger partial charge in [-0.05, 0) is 37.6 Å². The van der Waals surface area contributed by atoms with Crippen LogP contribution in [0.5, 0.6) is 0 Å². The van der Waals surface area contributed by atoms with Gasteiger partial charge in [0.2, 0.25) is 0 Å². The number of alkyl halides is 1. The van der Waals surface area contributed by atoms with Gasteiger partial charge in [-0.2, -0.15) is 0 Å². The molecule has 1 aliphatic carbocycles. The smallest absolute Gasteiger partial charge is 0.0266 e. The van der Waals surface area contributed by atoms with Crippen molar-refractivity contribution in [3.63, 3.8) is 0 Å². The van der Waals surface area contributed by atoms with Gasteiger partial charge in [-0.1, -0.05) is 20.3 Å². The zero-order valence-corrected chi connectivity index (χ0v) is 9.61. The summed E-state index contributed by atoms with van der Waals surface area (Å²) in [5.74, 6) is 2.37. The standard InChI is InChI=1S/C11H22ClN/c1-9(2)6-7-13-11-5-3-4-10(11)8-12/h9-11,13H,3-8H2,1-2H3. The summed E-state index contributed by atoms with van der Waals surface area (Å²) >= 11 is 5.90. The molecule has 78 valence electrons. The number of nitrogens with one attached hydrogen (secondary N) is 1. The zero-order valence-electron chi connectivity index (χ0n) is 8.85. The van der Waals surface area contributed by atoms with Crippen LogP contribution >= 0.6 is 11.6 Å². The lowest BCUT2D eigenvalue weighted by Crippen LogP contribution is -2.34. The van der Waals surface area contributed by atoms with Gasteiger partial charge in [-0.25, -0.2) is 0 Å². The van der Waals surface area contributed by atoms with E-state index in [1.54, 1.807) is 0 Å². The molecule has 0 bridgehead atoms. The second-order valence-electron chi connectivity index (χ2n) is 4.59. The normalized spacial score (nSPS) is 28.6. The van der Waals surface area contributed by atoms with Crippen molar-refractivity contribution in [1.29, 1.82) is 0 Å². The Morgan fingerprint density at radius 3 is 2.77 bits per heavy atom. The molecule has 13 heavy (non-hydrogen) atoms. The first-order valence-corrected chi connectivity index (χ1v) is 6.07. The Balaban J connectivity index is 2.13. The summed E-state index contributed by atoms with van der Waals surface area (Å²) in [4.78, 5) is 0. The van der Waals surface area contributed by atoms with Crippen molar-refractivity contribution in [2.75, 3.05) is 12.4 Å². The monoisotopic (exact) mass is 203 g/mol. The molecule has 0 amide bonds. The maximum absolute atomic E-state index is 5.90. The topological polar surface area (TPSA) is 12.0 Å². The molecule has 1 rings (SSSR count). The van der Waals surface area contributed by atoms with Gasteiger partial charge in [0.05, 0.1) is 0 Å². The average Bonchev–Trinajstić information content (AvgIpc) is 2.51. The van der Waals surface area contributed by atoms with Crippen LogP contribution in [0, 0.1) is 11.8 Å². The summed E-state index contributed by atoms with van der Waals surface area (Å²) in [5.41, 5.74) is 0. The summed E-state index contributed by atoms with van der Waals surface area (Å²) in [7, 11) is 0. The Labute approximate surface area is 87.2 Å². The highest BCUT2D eigenvalue weighted by Gasteiger charge is 2.25. The first-order valence-electron chi connectivity index (χ1n) is 5.53. The van der Waals surface area contributed by atoms with Crippen LogP contribution in [0.2, 0.25) is 0 Å². The number of hydrogen-bond donors (Lipinski definition) is 1. The minimum atomic E-state index is 0.705. The Kier molecular flexibility index (Phi) is 5.12. The molecule has 0 aromatic carbocycles. The van der Waals surface area contributed by atoms with E-state index in [0.29, 0.717) is 6.04 Å². The predicted molar refractivity (Wildman–Crippen MR) is 59.3 cm³/mol. The highest BCUT2D eigenvalue weighted by Crippen LogP contribution is 2.26. The van der Waals surface area contributed by atoms with Crippen LogP contribution < -0.4 is 5.32 Å². The van der Waals surface area contributed by atoms with Crippen LogP contribution in [-0.4, -0.2) is 18.5 Å². The van der Waals surface area contributed by atoms with E-state index in [4.69, 9.17) is 11.6 Å². The van der Waals surface area contributed by atoms with Crippen molar-refractivity contribution >= 4 is 11.6 Å². The van der Waals surface area contributed by atoms with Gasteiger partial charge in [0.15, 0.2) is 0 Å². The van der Waals surface area contributed by atoms with Gasteiger partial charge in [0, 0.05) is 11.9 Å². The molecule has 1 nitrogen and oxygen atoms in total. The second kappa shape index (κ2) is 5.87. The van der Waals surface area contributed by atoms with Crippen LogP contribution in [-0.2, 0) is 0 Å². The zero-order chi connectivity index (χ0) is 9.68. The van der Waals surface area contributed by atoms with Crippen molar-refractivity contribution < 1.29 is 0 Å². The fraction of sp³-hybridized carbons (Fsp3) is 1.00. The molecule has 0 heterocycles. The Morgan fingerprint density at radius 1 is 1.38 bits per heavy atom. The van der Waals surface area contributed by atoms with Gasteiger partial charge in [0.25, 0.3) is 0 Å². The SMILES string of the molecule is CC(C)CCNC1CCCC1CCl. The van der Waals surface area contributed by atoms with Crippen LogP contribution in [0.3, 0.4) is 0 Å². The van der Waals surface area contributed by atoms with Crippen molar-refractivity contribution in [3.8, 4) is 0 Å². The number of rotatable bonds is 5. The summed E-state index contributed by atoms with van der Waals surface area (Å²) in [6.07, 6.45) is 5.29. The van der Waals surface area contributed by atoms with Crippen molar-refractivity contribution in [2.24, 2.45) is 11.8 Å². The Hall–Kier alpha value is 0.250. The maximum Gasteiger partial charge on any atom is 0.0266 e. The van der Waals surface area contributed by atoms with E-state index in [1.807, 2.05) is 0 Å².